The molecule has 0 spiro atoms. The molecule has 0 unspecified atom stereocenters. The summed E-state index contributed by atoms with van der Waals surface area (Å²) in [5.74, 6) is -0.617. The standard InChI is InChI=1S/C10H8F3IO2/c1-2-16-9(15)6-3-4-7(8(14)5-6)10(11,12)13/h3-5H,2H2,1H3. The quantitative estimate of drug-likeness (QED) is 0.607. The van der Waals surface area contributed by atoms with Crippen molar-refractivity contribution in [3.63, 3.8) is 0 Å². The van der Waals surface area contributed by atoms with Gasteiger partial charge in [-0.3, -0.25) is 0 Å². The maximum absolute atomic E-state index is 12.4. The number of benzene rings is 1. The highest BCUT2D eigenvalue weighted by Crippen LogP contribution is 2.33. The lowest BCUT2D eigenvalue weighted by atomic mass is 10.1. The lowest BCUT2D eigenvalue weighted by molar-refractivity contribution is -0.138. The van der Waals surface area contributed by atoms with Gasteiger partial charge >= 0.3 is 12.1 Å². The van der Waals surface area contributed by atoms with E-state index in [2.05, 4.69) is 4.74 Å². The van der Waals surface area contributed by atoms with Gasteiger partial charge in [0.1, 0.15) is 0 Å². The van der Waals surface area contributed by atoms with E-state index in [9.17, 15) is 18.0 Å². The van der Waals surface area contributed by atoms with E-state index in [4.69, 9.17) is 0 Å². The van der Waals surface area contributed by atoms with Gasteiger partial charge in [0.2, 0.25) is 0 Å². The zero-order chi connectivity index (χ0) is 12.3. The molecule has 1 aromatic rings. The zero-order valence-electron chi connectivity index (χ0n) is 8.27. The first kappa shape index (κ1) is 13.3. The second-order valence-corrected chi connectivity index (χ2v) is 4.08. The van der Waals surface area contributed by atoms with E-state index in [1.165, 1.54) is 6.07 Å². The van der Waals surface area contributed by atoms with E-state index in [1.54, 1.807) is 29.5 Å². The highest BCUT2D eigenvalue weighted by atomic mass is 127. The van der Waals surface area contributed by atoms with Crippen LogP contribution in [0.3, 0.4) is 0 Å². The molecule has 0 saturated carbocycles. The molecule has 0 aliphatic carbocycles. The van der Waals surface area contributed by atoms with E-state index in [0.29, 0.717) is 0 Å². The third-order valence-corrected chi connectivity index (χ3v) is 2.68. The van der Waals surface area contributed by atoms with Gasteiger partial charge in [0.05, 0.1) is 17.7 Å². The van der Waals surface area contributed by atoms with Crippen LogP contribution in [-0.2, 0) is 10.9 Å². The van der Waals surface area contributed by atoms with Crippen LogP contribution in [0.15, 0.2) is 18.2 Å². The third-order valence-electron chi connectivity index (χ3n) is 1.79. The maximum Gasteiger partial charge on any atom is 0.417 e. The van der Waals surface area contributed by atoms with Crippen molar-refractivity contribution in [3.05, 3.63) is 32.9 Å². The molecule has 0 atom stereocenters. The molecular weight excluding hydrogens is 336 g/mol. The molecule has 0 fully saturated rings. The van der Waals surface area contributed by atoms with Crippen molar-refractivity contribution >= 4 is 28.6 Å². The van der Waals surface area contributed by atoms with Crippen LogP contribution in [0.2, 0.25) is 0 Å². The third kappa shape index (κ3) is 3.10. The molecule has 2 nitrogen and oxygen atoms in total. The Hall–Kier alpha value is -0.790. The predicted octanol–water partition coefficient (Wildman–Crippen LogP) is 3.49. The van der Waals surface area contributed by atoms with Gasteiger partial charge in [-0.1, -0.05) is 0 Å². The number of alkyl halides is 3. The molecule has 0 bridgehead atoms. The maximum atomic E-state index is 12.4. The summed E-state index contributed by atoms with van der Waals surface area (Å²) in [6.45, 7) is 1.82. The van der Waals surface area contributed by atoms with Gasteiger partial charge in [0.25, 0.3) is 0 Å². The summed E-state index contributed by atoms with van der Waals surface area (Å²) < 4.78 is 41.9. The minimum absolute atomic E-state index is 0.0179. The Bertz CT molecular complexity index is 402. The Morgan fingerprint density at radius 1 is 1.44 bits per heavy atom. The molecule has 0 amide bonds. The minimum Gasteiger partial charge on any atom is -0.462 e. The van der Waals surface area contributed by atoms with Crippen molar-refractivity contribution < 1.29 is 22.7 Å². The van der Waals surface area contributed by atoms with Crippen LogP contribution in [0.4, 0.5) is 13.2 Å². The molecule has 1 aromatic carbocycles. The number of carbonyl (C=O) groups is 1. The molecule has 6 heteroatoms. The minimum atomic E-state index is -4.40. The Morgan fingerprint density at radius 3 is 2.50 bits per heavy atom. The largest absolute Gasteiger partial charge is 0.462 e. The Balaban J connectivity index is 3.05. The summed E-state index contributed by atoms with van der Waals surface area (Å²) in [7, 11) is 0. The van der Waals surface area contributed by atoms with Gasteiger partial charge in [0.15, 0.2) is 0 Å². The molecule has 1 rings (SSSR count). The first-order valence-corrected chi connectivity index (χ1v) is 5.48. The predicted molar refractivity (Wildman–Crippen MR) is 60.1 cm³/mol. The van der Waals surface area contributed by atoms with Crippen molar-refractivity contribution in [1.82, 2.24) is 0 Å². The van der Waals surface area contributed by atoms with Gasteiger partial charge in [-0.05, 0) is 47.7 Å². The lowest BCUT2D eigenvalue weighted by Crippen LogP contribution is -2.10. The molecule has 0 aliphatic rings. The molecule has 88 valence electrons. The zero-order valence-corrected chi connectivity index (χ0v) is 10.4. The molecule has 0 heterocycles. The summed E-state index contributed by atoms with van der Waals surface area (Å²) in [4.78, 5) is 11.3. The van der Waals surface area contributed by atoms with Crippen LogP contribution in [0, 0.1) is 3.57 Å². The van der Waals surface area contributed by atoms with Crippen LogP contribution >= 0.6 is 22.6 Å². The molecule has 0 aliphatic heterocycles. The van der Waals surface area contributed by atoms with E-state index >= 15 is 0 Å². The average molecular weight is 344 g/mol. The van der Waals surface area contributed by atoms with Crippen molar-refractivity contribution in [2.45, 2.75) is 13.1 Å². The summed E-state index contributed by atoms with van der Waals surface area (Å²) in [5, 5.41) is 0. The SMILES string of the molecule is CCOC(=O)c1ccc(C(F)(F)F)c(I)c1. The average Bonchev–Trinajstić information content (AvgIpc) is 2.16. The summed E-state index contributed by atoms with van der Waals surface area (Å²) >= 11 is 1.55. The number of hydrogen-bond donors (Lipinski definition) is 0. The summed E-state index contributed by atoms with van der Waals surface area (Å²) in [5.41, 5.74) is -0.625. The lowest BCUT2D eigenvalue weighted by Gasteiger charge is -2.10. The van der Waals surface area contributed by atoms with Gasteiger partial charge in [-0.15, -0.1) is 0 Å². The molecule has 0 aromatic heterocycles. The van der Waals surface area contributed by atoms with Crippen LogP contribution in [-0.4, -0.2) is 12.6 Å². The molecule has 16 heavy (non-hydrogen) atoms. The van der Waals surface area contributed by atoms with E-state index < -0.39 is 17.7 Å². The van der Waals surface area contributed by atoms with Crippen LogP contribution < -0.4 is 0 Å². The smallest absolute Gasteiger partial charge is 0.417 e. The Morgan fingerprint density at radius 2 is 2.06 bits per heavy atom. The normalized spacial score (nSPS) is 11.3. The van der Waals surface area contributed by atoms with Gasteiger partial charge in [0, 0.05) is 3.57 Å². The number of hydrogen-bond acceptors (Lipinski definition) is 2. The van der Waals surface area contributed by atoms with Crippen molar-refractivity contribution in [2.75, 3.05) is 6.61 Å². The van der Waals surface area contributed by atoms with Gasteiger partial charge in [-0.25, -0.2) is 4.79 Å². The summed E-state index contributed by atoms with van der Waals surface area (Å²) in [6, 6.07) is 3.17. The number of carbonyl (C=O) groups excluding carboxylic acids is 1. The van der Waals surface area contributed by atoms with Crippen molar-refractivity contribution in [1.29, 1.82) is 0 Å². The molecule has 0 radical (unpaired) electrons. The number of rotatable bonds is 2. The van der Waals surface area contributed by atoms with Crippen LogP contribution in [0.5, 0.6) is 0 Å². The van der Waals surface area contributed by atoms with Crippen LogP contribution in [0.1, 0.15) is 22.8 Å². The molecule has 0 saturated heterocycles. The highest BCUT2D eigenvalue weighted by Gasteiger charge is 2.33. The van der Waals surface area contributed by atoms with Crippen molar-refractivity contribution in [2.24, 2.45) is 0 Å². The highest BCUT2D eigenvalue weighted by molar-refractivity contribution is 14.1. The first-order valence-electron chi connectivity index (χ1n) is 4.40. The van der Waals surface area contributed by atoms with E-state index in [-0.39, 0.29) is 15.7 Å². The second kappa shape index (κ2) is 5.03. The van der Waals surface area contributed by atoms with Crippen molar-refractivity contribution in [3.8, 4) is 0 Å². The van der Waals surface area contributed by atoms with E-state index in [1.807, 2.05) is 0 Å². The fraction of sp³-hybridized carbons (Fsp3) is 0.300. The fourth-order valence-electron chi connectivity index (χ4n) is 1.09. The second-order valence-electron chi connectivity index (χ2n) is 2.91. The Kier molecular flexibility index (Phi) is 4.17. The topological polar surface area (TPSA) is 26.3 Å². The van der Waals surface area contributed by atoms with Crippen LogP contribution in [0.25, 0.3) is 0 Å². The summed E-state index contributed by atoms with van der Waals surface area (Å²) in [6.07, 6.45) is -4.40. The fourth-order valence-corrected chi connectivity index (χ4v) is 1.91. The Labute approximate surface area is 104 Å². The number of ether oxygens (including phenoxy) is 1. The monoisotopic (exact) mass is 344 g/mol. The molecule has 0 N–H and O–H groups in total. The van der Waals surface area contributed by atoms with E-state index in [0.717, 1.165) is 12.1 Å². The number of halogens is 4. The molecular formula is C10H8F3IO2. The number of esters is 1. The first-order chi connectivity index (χ1) is 7.36. The van der Waals surface area contributed by atoms with Gasteiger partial charge in [-0.2, -0.15) is 13.2 Å². The van der Waals surface area contributed by atoms with Gasteiger partial charge < -0.3 is 4.74 Å².